The van der Waals surface area contributed by atoms with Crippen LogP contribution < -0.4 is 0 Å². The van der Waals surface area contributed by atoms with Gasteiger partial charge in [0.25, 0.3) is 0 Å². The number of rotatable bonds is 10. The van der Waals surface area contributed by atoms with Gasteiger partial charge >= 0.3 is 0 Å². The molecule has 0 fully saturated rings. The fourth-order valence-electron chi connectivity index (χ4n) is 2.28. The summed E-state index contributed by atoms with van der Waals surface area (Å²) in [5.41, 5.74) is 1.10. The van der Waals surface area contributed by atoms with E-state index in [4.69, 9.17) is 0 Å². The Hall–Kier alpha value is -0.410. The van der Waals surface area contributed by atoms with Crippen molar-refractivity contribution in [2.45, 2.75) is 70.8 Å². The lowest BCUT2D eigenvalue weighted by atomic mass is 10.0. The summed E-state index contributed by atoms with van der Waals surface area (Å²) >= 11 is 3.40. The summed E-state index contributed by atoms with van der Waals surface area (Å²) in [4.78, 5) is 4.12. The highest BCUT2D eigenvalue weighted by atomic mass is 79.9. The summed E-state index contributed by atoms with van der Waals surface area (Å²) in [6.45, 7) is 2.24. The molecule has 0 aliphatic rings. The third-order valence-corrected chi connectivity index (χ3v) is 3.81. The van der Waals surface area contributed by atoms with Gasteiger partial charge in [-0.2, -0.15) is 0 Å². The number of aliphatic hydroxyl groups excluding tert-OH is 1. The zero-order valence-corrected chi connectivity index (χ0v) is 13.5. The molecule has 1 N–H and O–H groups in total. The maximum Gasteiger partial charge on any atom is 0.0581 e. The molecule has 0 saturated carbocycles. The summed E-state index contributed by atoms with van der Waals surface area (Å²) in [6.07, 6.45) is 14.1. The Labute approximate surface area is 125 Å². The molecule has 1 unspecified atom stereocenters. The van der Waals surface area contributed by atoms with Crippen molar-refractivity contribution in [2.24, 2.45) is 0 Å². The van der Waals surface area contributed by atoms with Crippen molar-refractivity contribution in [3.05, 3.63) is 28.5 Å². The second kappa shape index (κ2) is 10.4. The van der Waals surface area contributed by atoms with Crippen LogP contribution in [0.2, 0.25) is 0 Å². The van der Waals surface area contributed by atoms with Crippen LogP contribution in [0, 0.1) is 0 Å². The zero-order valence-electron chi connectivity index (χ0n) is 11.9. The quantitative estimate of drug-likeness (QED) is 0.621. The highest BCUT2D eigenvalue weighted by Crippen LogP contribution is 2.14. The number of unbranched alkanes of at least 4 members (excludes halogenated alkanes) is 6. The molecular weight excluding hydrogens is 302 g/mol. The molecule has 0 amide bonds. The van der Waals surface area contributed by atoms with Crippen molar-refractivity contribution in [3.8, 4) is 0 Å². The molecule has 0 aliphatic carbocycles. The predicted octanol–water partition coefficient (Wildman–Crippen LogP) is 4.89. The van der Waals surface area contributed by atoms with Crippen LogP contribution in [0.15, 0.2) is 22.9 Å². The van der Waals surface area contributed by atoms with Gasteiger partial charge in [-0.05, 0) is 40.4 Å². The van der Waals surface area contributed by atoms with Crippen LogP contribution in [0.4, 0.5) is 0 Å². The van der Waals surface area contributed by atoms with Crippen molar-refractivity contribution in [1.29, 1.82) is 0 Å². The minimum Gasteiger partial charge on any atom is -0.393 e. The largest absolute Gasteiger partial charge is 0.393 e. The Morgan fingerprint density at radius 1 is 1.11 bits per heavy atom. The van der Waals surface area contributed by atoms with Crippen molar-refractivity contribution < 1.29 is 5.11 Å². The van der Waals surface area contributed by atoms with E-state index in [1.807, 2.05) is 12.3 Å². The van der Waals surface area contributed by atoms with E-state index < -0.39 is 0 Å². The Kier molecular flexibility index (Phi) is 9.10. The van der Waals surface area contributed by atoms with E-state index in [-0.39, 0.29) is 6.10 Å². The first kappa shape index (κ1) is 16.6. The van der Waals surface area contributed by atoms with E-state index in [9.17, 15) is 5.11 Å². The number of halogens is 1. The van der Waals surface area contributed by atoms with Gasteiger partial charge in [0.15, 0.2) is 0 Å². The van der Waals surface area contributed by atoms with Crippen molar-refractivity contribution in [3.63, 3.8) is 0 Å². The average Bonchev–Trinajstić information content (AvgIpc) is 2.37. The highest BCUT2D eigenvalue weighted by Gasteiger charge is 2.06. The molecule has 19 heavy (non-hydrogen) atoms. The Bertz CT molecular complexity index is 343. The Balaban J connectivity index is 2.06. The van der Waals surface area contributed by atoms with Crippen molar-refractivity contribution in [2.75, 3.05) is 0 Å². The minimum atomic E-state index is -0.230. The van der Waals surface area contributed by atoms with Crippen LogP contribution in [-0.2, 0) is 6.42 Å². The highest BCUT2D eigenvalue weighted by molar-refractivity contribution is 9.10. The van der Waals surface area contributed by atoms with Gasteiger partial charge in [-0.3, -0.25) is 4.98 Å². The molecule has 1 atom stereocenters. The van der Waals surface area contributed by atoms with E-state index in [1.54, 1.807) is 6.20 Å². The standard InChI is InChI=1S/C16H26BrNO/c1-2-3-4-5-6-7-8-9-16(19)11-14-10-15(17)13-18-12-14/h10,12-13,16,19H,2-9,11H2,1H3. The number of aliphatic hydroxyl groups is 1. The third kappa shape index (κ3) is 8.38. The Morgan fingerprint density at radius 3 is 2.47 bits per heavy atom. The first-order chi connectivity index (χ1) is 9.22. The molecular formula is C16H26BrNO. The SMILES string of the molecule is CCCCCCCCCC(O)Cc1cncc(Br)c1. The lowest BCUT2D eigenvalue weighted by molar-refractivity contribution is 0.160. The van der Waals surface area contributed by atoms with Gasteiger partial charge in [-0.1, -0.05) is 51.9 Å². The average molecular weight is 328 g/mol. The monoisotopic (exact) mass is 327 g/mol. The molecule has 1 aromatic heterocycles. The number of hydrogen-bond donors (Lipinski definition) is 1. The van der Waals surface area contributed by atoms with Gasteiger partial charge in [-0.25, -0.2) is 0 Å². The van der Waals surface area contributed by atoms with E-state index in [1.165, 1.54) is 38.5 Å². The van der Waals surface area contributed by atoms with E-state index in [2.05, 4.69) is 27.8 Å². The van der Waals surface area contributed by atoms with Gasteiger partial charge in [0.05, 0.1) is 6.10 Å². The van der Waals surface area contributed by atoms with Crippen LogP contribution in [0.25, 0.3) is 0 Å². The second-order valence-electron chi connectivity index (χ2n) is 5.28. The third-order valence-electron chi connectivity index (χ3n) is 3.37. The van der Waals surface area contributed by atoms with Gasteiger partial charge < -0.3 is 5.11 Å². The van der Waals surface area contributed by atoms with Gasteiger partial charge in [0, 0.05) is 16.9 Å². The zero-order chi connectivity index (χ0) is 13.9. The molecule has 108 valence electrons. The molecule has 0 radical (unpaired) electrons. The Morgan fingerprint density at radius 2 is 1.79 bits per heavy atom. The maximum absolute atomic E-state index is 9.99. The first-order valence-electron chi connectivity index (χ1n) is 7.50. The lowest BCUT2D eigenvalue weighted by Gasteiger charge is -2.10. The fraction of sp³-hybridized carbons (Fsp3) is 0.688. The van der Waals surface area contributed by atoms with E-state index in [0.717, 1.165) is 22.9 Å². The minimum absolute atomic E-state index is 0.230. The van der Waals surface area contributed by atoms with Crippen LogP contribution in [0.3, 0.4) is 0 Å². The molecule has 2 nitrogen and oxygen atoms in total. The maximum atomic E-state index is 9.99. The van der Waals surface area contributed by atoms with Gasteiger partial charge in [0.2, 0.25) is 0 Å². The summed E-state index contributed by atoms with van der Waals surface area (Å²) in [6, 6.07) is 2.03. The second-order valence-corrected chi connectivity index (χ2v) is 6.20. The topological polar surface area (TPSA) is 33.1 Å². The molecule has 1 rings (SSSR count). The fourth-order valence-corrected chi connectivity index (χ4v) is 2.69. The molecule has 3 heteroatoms. The number of aromatic nitrogens is 1. The number of pyridine rings is 1. The molecule has 0 saturated heterocycles. The smallest absolute Gasteiger partial charge is 0.0581 e. The molecule has 1 aromatic rings. The summed E-state index contributed by atoms with van der Waals surface area (Å²) < 4.78 is 0.980. The summed E-state index contributed by atoms with van der Waals surface area (Å²) in [5, 5.41) is 9.99. The van der Waals surface area contributed by atoms with Crippen molar-refractivity contribution in [1.82, 2.24) is 4.98 Å². The van der Waals surface area contributed by atoms with Gasteiger partial charge in [0.1, 0.15) is 0 Å². The lowest BCUT2D eigenvalue weighted by Crippen LogP contribution is -2.10. The molecule has 1 heterocycles. The van der Waals surface area contributed by atoms with E-state index in [0.29, 0.717) is 6.42 Å². The van der Waals surface area contributed by atoms with Crippen LogP contribution >= 0.6 is 15.9 Å². The summed E-state index contributed by atoms with van der Waals surface area (Å²) in [7, 11) is 0. The van der Waals surface area contributed by atoms with Crippen LogP contribution in [0.5, 0.6) is 0 Å². The molecule has 0 bridgehead atoms. The first-order valence-corrected chi connectivity index (χ1v) is 8.29. The van der Waals surface area contributed by atoms with E-state index >= 15 is 0 Å². The van der Waals surface area contributed by atoms with Crippen LogP contribution in [-0.4, -0.2) is 16.2 Å². The van der Waals surface area contributed by atoms with Gasteiger partial charge in [-0.15, -0.1) is 0 Å². The molecule has 0 spiro atoms. The normalized spacial score (nSPS) is 12.6. The predicted molar refractivity (Wildman–Crippen MR) is 84.3 cm³/mol. The number of nitrogens with zero attached hydrogens (tertiary/aromatic N) is 1. The summed E-state index contributed by atoms with van der Waals surface area (Å²) in [5.74, 6) is 0. The number of hydrogen-bond acceptors (Lipinski definition) is 2. The molecule has 0 aliphatic heterocycles. The molecule has 0 aromatic carbocycles. The van der Waals surface area contributed by atoms with Crippen LogP contribution in [0.1, 0.15) is 63.9 Å². The van der Waals surface area contributed by atoms with Crippen molar-refractivity contribution >= 4 is 15.9 Å².